The van der Waals surface area contributed by atoms with E-state index in [1.807, 2.05) is 30.8 Å². The van der Waals surface area contributed by atoms with Gasteiger partial charge in [-0.1, -0.05) is 30.3 Å². The number of nitrogens with zero attached hydrogens (tertiary/aromatic N) is 4. The van der Waals surface area contributed by atoms with E-state index in [1.165, 1.54) is 5.56 Å². The summed E-state index contributed by atoms with van der Waals surface area (Å²) in [5, 5.41) is 11.9. The molecule has 0 bridgehead atoms. The van der Waals surface area contributed by atoms with Gasteiger partial charge in [0.15, 0.2) is 0 Å². The van der Waals surface area contributed by atoms with Gasteiger partial charge in [-0.05, 0) is 31.4 Å². The summed E-state index contributed by atoms with van der Waals surface area (Å²) in [6.07, 6.45) is 2.24. The molecule has 2 aromatic heterocycles. The summed E-state index contributed by atoms with van der Waals surface area (Å²) in [7, 11) is 1.93. The smallest absolute Gasteiger partial charge is 0.201 e. The van der Waals surface area contributed by atoms with E-state index >= 15 is 0 Å². The maximum atomic E-state index is 4.70. The van der Waals surface area contributed by atoms with Gasteiger partial charge in [0.2, 0.25) is 5.82 Å². The van der Waals surface area contributed by atoms with E-state index in [9.17, 15) is 0 Å². The minimum absolute atomic E-state index is 0.0241. The summed E-state index contributed by atoms with van der Waals surface area (Å²) in [6, 6.07) is 12.5. The SMILES string of the molecule is Cc1cc(-c2n[nH]c(C3(c4ccccc4)CC3)n2)nn1C. The second-order valence-electron chi connectivity index (χ2n) is 5.75. The summed E-state index contributed by atoms with van der Waals surface area (Å²) < 4.78 is 1.84. The number of aryl methyl sites for hydroxylation is 2. The average Bonchev–Trinajstić information content (AvgIpc) is 3.04. The Morgan fingerprint density at radius 3 is 2.57 bits per heavy atom. The Morgan fingerprint density at radius 2 is 1.95 bits per heavy atom. The van der Waals surface area contributed by atoms with Gasteiger partial charge in [0.05, 0.1) is 5.41 Å². The van der Waals surface area contributed by atoms with E-state index < -0.39 is 0 Å². The summed E-state index contributed by atoms with van der Waals surface area (Å²) in [4.78, 5) is 4.70. The van der Waals surface area contributed by atoms with Crippen LogP contribution in [0.4, 0.5) is 0 Å². The van der Waals surface area contributed by atoms with E-state index in [-0.39, 0.29) is 5.41 Å². The largest absolute Gasteiger partial charge is 0.272 e. The molecule has 0 atom stereocenters. The lowest BCUT2D eigenvalue weighted by Gasteiger charge is -2.11. The van der Waals surface area contributed by atoms with Crippen LogP contribution in [-0.2, 0) is 12.5 Å². The predicted molar refractivity (Wildman–Crippen MR) is 79.8 cm³/mol. The Bertz CT molecular complexity index is 761. The highest BCUT2D eigenvalue weighted by Crippen LogP contribution is 2.52. The molecule has 21 heavy (non-hydrogen) atoms. The minimum atomic E-state index is 0.0241. The molecule has 1 fully saturated rings. The minimum Gasteiger partial charge on any atom is -0.272 e. The normalized spacial score (nSPS) is 16.1. The number of hydrogen-bond donors (Lipinski definition) is 1. The zero-order valence-electron chi connectivity index (χ0n) is 12.2. The van der Waals surface area contributed by atoms with Crippen LogP contribution in [0.5, 0.6) is 0 Å². The monoisotopic (exact) mass is 279 g/mol. The zero-order valence-corrected chi connectivity index (χ0v) is 12.2. The molecule has 0 radical (unpaired) electrons. The lowest BCUT2D eigenvalue weighted by molar-refractivity contribution is 0.741. The molecule has 5 heteroatoms. The van der Waals surface area contributed by atoms with Crippen LogP contribution in [-0.4, -0.2) is 25.0 Å². The van der Waals surface area contributed by atoms with Crippen LogP contribution in [0.2, 0.25) is 0 Å². The fraction of sp³-hybridized carbons (Fsp3) is 0.312. The summed E-state index contributed by atoms with van der Waals surface area (Å²) >= 11 is 0. The number of nitrogens with one attached hydrogen (secondary N) is 1. The van der Waals surface area contributed by atoms with E-state index in [1.54, 1.807) is 0 Å². The number of aromatic amines is 1. The van der Waals surface area contributed by atoms with Crippen molar-refractivity contribution in [3.63, 3.8) is 0 Å². The average molecular weight is 279 g/mol. The third kappa shape index (κ3) is 1.88. The van der Waals surface area contributed by atoms with Crippen LogP contribution in [0.15, 0.2) is 36.4 Å². The van der Waals surface area contributed by atoms with Crippen LogP contribution >= 0.6 is 0 Å². The molecule has 1 aliphatic carbocycles. The van der Waals surface area contributed by atoms with Gasteiger partial charge in [-0.25, -0.2) is 4.98 Å². The Balaban J connectivity index is 1.72. The van der Waals surface area contributed by atoms with Crippen LogP contribution in [0.25, 0.3) is 11.5 Å². The first kappa shape index (κ1) is 12.3. The highest BCUT2D eigenvalue weighted by molar-refractivity contribution is 5.50. The van der Waals surface area contributed by atoms with Crippen molar-refractivity contribution in [2.24, 2.45) is 7.05 Å². The van der Waals surface area contributed by atoms with E-state index in [2.05, 4.69) is 39.6 Å². The maximum absolute atomic E-state index is 4.70. The molecule has 5 nitrogen and oxygen atoms in total. The van der Waals surface area contributed by atoms with Crippen molar-refractivity contribution in [2.45, 2.75) is 25.2 Å². The van der Waals surface area contributed by atoms with Crippen LogP contribution in [0, 0.1) is 6.92 Å². The molecular weight excluding hydrogens is 262 g/mol. The van der Waals surface area contributed by atoms with Gasteiger partial charge < -0.3 is 0 Å². The second kappa shape index (κ2) is 4.28. The number of rotatable bonds is 3. The molecule has 1 saturated carbocycles. The highest BCUT2D eigenvalue weighted by Gasteiger charge is 2.48. The van der Waals surface area contributed by atoms with E-state index in [0.29, 0.717) is 5.82 Å². The van der Waals surface area contributed by atoms with Gasteiger partial charge in [0.1, 0.15) is 11.5 Å². The topological polar surface area (TPSA) is 59.4 Å². The molecule has 0 spiro atoms. The number of aromatic nitrogens is 5. The van der Waals surface area contributed by atoms with Crippen molar-refractivity contribution in [3.8, 4) is 11.5 Å². The quantitative estimate of drug-likeness (QED) is 0.801. The van der Waals surface area contributed by atoms with Crippen LogP contribution in [0.3, 0.4) is 0 Å². The lowest BCUT2D eigenvalue weighted by atomic mass is 9.95. The van der Waals surface area contributed by atoms with Crippen molar-refractivity contribution in [1.82, 2.24) is 25.0 Å². The number of H-pyrrole nitrogens is 1. The van der Waals surface area contributed by atoms with Crippen molar-refractivity contribution in [1.29, 1.82) is 0 Å². The Morgan fingerprint density at radius 1 is 1.19 bits per heavy atom. The van der Waals surface area contributed by atoms with Gasteiger partial charge >= 0.3 is 0 Å². The molecule has 1 aliphatic rings. The Labute approximate surface area is 123 Å². The summed E-state index contributed by atoms with van der Waals surface area (Å²) in [5.41, 5.74) is 3.25. The Hall–Kier alpha value is -2.43. The summed E-state index contributed by atoms with van der Waals surface area (Å²) in [6.45, 7) is 2.02. The van der Waals surface area contributed by atoms with Crippen LogP contribution in [0.1, 0.15) is 29.9 Å². The molecule has 2 heterocycles. The Kier molecular flexibility index (Phi) is 2.51. The summed E-state index contributed by atoms with van der Waals surface area (Å²) in [5.74, 6) is 1.63. The van der Waals surface area contributed by atoms with Crippen LogP contribution < -0.4 is 0 Å². The van der Waals surface area contributed by atoms with Crippen molar-refractivity contribution in [3.05, 3.63) is 53.5 Å². The van der Waals surface area contributed by atoms with Gasteiger partial charge in [0.25, 0.3) is 0 Å². The van der Waals surface area contributed by atoms with E-state index in [4.69, 9.17) is 4.98 Å². The first-order valence-electron chi connectivity index (χ1n) is 7.18. The molecule has 0 amide bonds. The van der Waals surface area contributed by atoms with Gasteiger partial charge in [-0.15, -0.1) is 0 Å². The van der Waals surface area contributed by atoms with Crippen molar-refractivity contribution < 1.29 is 0 Å². The maximum Gasteiger partial charge on any atom is 0.201 e. The van der Waals surface area contributed by atoms with Crippen molar-refractivity contribution in [2.75, 3.05) is 0 Å². The third-order valence-corrected chi connectivity index (χ3v) is 4.36. The lowest BCUT2D eigenvalue weighted by Crippen LogP contribution is -2.10. The second-order valence-corrected chi connectivity index (χ2v) is 5.75. The molecular formula is C16H17N5. The molecule has 106 valence electrons. The number of benzene rings is 1. The fourth-order valence-corrected chi connectivity index (χ4v) is 2.80. The predicted octanol–water partition coefficient (Wildman–Crippen LogP) is 2.59. The first-order chi connectivity index (χ1) is 10.2. The van der Waals surface area contributed by atoms with Gasteiger partial charge in [-0.3, -0.25) is 9.78 Å². The highest BCUT2D eigenvalue weighted by atomic mass is 15.3. The number of hydrogen-bond acceptors (Lipinski definition) is 3. The molecule has 1 N–H and O–H groups in total. The molecule has 0 unspecified atom stereocenters. The molecule has 4 rings (SSSR count). The molecule has 0 saturated heterocycles. The van der Waals surface area contributed by atoms with E-state index in [0.717, 1.165) is 30.1 Å². The standard InChI is InChI=1S/C16H17N5/c1-11-10-13(20-21(11)2)14-17-15(19-18-14)16(8-9-16)12-6-4-3-5-7-12/h3-7,10H,8-9H2,1-2H3,(H,17,18,19). The zero-order chi connectivity index (χ0) is 14.4. The first-order valence-corrected chi connectivity index (χ1v) is 7.18. The van der Waals surface area contributed by atoms with Crippen molar-refractivity contribution >= 4 is 0 Å². The van der Waals surface area contributed by atoms with Gasteiger partial charge in [0, 0.05) is 12.7 Å². The molecule has 0 aliphatic heterocycles. The molecule has 3 aromatic rings. The molecule has 1 aromatic carbocycles. The van der Waals surface area contributed by atoms with Gasteiger partial charge in [-0.2, -0.15) is 10.2 Å². The fourth-order valence-electron chi connectivity index (χ4n) is 2.80. The third-order valence-electron chi connectivity index (χ3n) is 4.36.